The summed E-state index contributed by atoms with van der Waals surface area (Å²) in [5, 5.41) is 0. The van der Waals surface area contributed by atoms with E-state index >= 15 is 0 Å². The van der Waals surface area contributed by atoms with Crippen molar-refractivity contribution in [2.45, 2.75) is 0 Å². The van der Waals surface area contributed by atoms with E-state index < -0.39 is 46.9 Å². The SMILES string of the molecule is O=P([O-])([O-])OP(=O)([O-])OP(=O)([O-])[O-].O=P([O-])([O-])OP(=O)([O-])OP(=O)([O-])[O-].[Pd+2].[Pd+2].[Pd+2].[Pd+2].[Pd+2]. The molecule has 0 N–H and O–H groups in total. The average Bonchev–Trinajstić information content (AvgIpc) is 1.97. The fourth-order valence-electron chi connectivity index (χ4n) is 0.520. The van der Waals surface area contributed by atoms with Gasteiger partial charge in [0.15, 0.2) is 0 Å². The number of hydrogen-bond acceptors (Lipinski definition) is 20. The minimum absolute atomic E-state index is 0. The zero-order valence-electron chi connectivity index (χ0n) is 12.4. The second-order valence-electron chi connectivity index (χ2n) is 3.01. The fraction of sp³-hybridized carbons (Fsp3) is 0. The molecule has 0 radical (unpaired) electrons. The standard InChI is InChI=1S/2H5O10P3.5Pd/c2*1-11(2,3)9-13(7,8)10-12(4,5)6;;;;;/h2*(H,7,8)(H2,1,2,3)(H2,4,5,6);;;;;/q;;5*+2/p-10. The van der Waals surface area contributed by atoms with Gasteiger partial charge < -0.3 is 67.2 Å². The Bertz CT molecular complexity index is 628. The van der Waals surface area contributed by atoms with Crippen LogP contribution in [0.3, 0.4) is 0 Å². The van der Waals surface area contributed by atoms with Crippen molar-refractivity contribution in [3.8, 4) is 0 Å². The second kappa shape index (κ2) is 19.2. The Kier molecular flexibility index (Phi) is 32.1. The summed E-state index contributed by atoms with van der Waals surface area (Å²) in [6.45, 7) is 0. The molecule has 0 aromatic rings. The molecule has 0 bridgehead atoms. The molecular formula is O20P6Pd5. The Hall–Kier alpha value is 4.13. The first-order valence-electron chi connectivity index (χ1n) is 4.38. The molecule has 0 heterocycles. The van der Waals surface area contributed by atoms with E-state index in [1.54, 1.807) is 0 Å². The third kappa shape index (κ3) is 44.5. The van der Waals surface area contributed by atoms with Crippen LogP contribution in [-0.4, -0.2) is 0 Å². The Morgan fingerprint density at radius 1 is 0.323 bits per heavy atom. The van der Waals surface area contributed by atoms with Crippen molar-refractivity contribution in [2.75, 3.05) is 0 Å². The smallest absolute Gasteiger partial charge is 0.790 e. The first-order chi connectivity index (χ1) is 10.8. The van der Waals surface area contributed by atoms with Gasteiger partial charge in [-0.1, -0.05) is 0 Å². The van der Waals surface area contributed by atoms with E-state index in [1.807, 2.05) is 0 Å². The molecule has 0 saturated heterocycles. The molecule has 0 aliphatic rings. The van der Waals surface area contributed by atoms with Crippen LogP contribution in [0, 0.1) is 0 Å². The molecule has 0 aromatic heterocycles. The summed E-state index contributed by atoms with van der Waals surface area (Å²) in [4.78, 5) is 97.3. The molecule has 0 aliphatic carbocycles. The van der Waals surface area contributed by atoms with Crippen molar-refractivity contribution < 1.29 is 196 Å². The predicted molar refractivity (Wildman–Crippen MR) is 50.0 cm³/mol. The molecule has 0 spiro atoms. The largest absolute Gasteiger partial charge is 2.00 e. The topological polar surface area (TPSA) is 370 Å². The maximum absolute atomic E-state index is 10.1. The molecule has 0 rings (SSSR count). The van der Waals surface area contributed by atoms with Gasteiger partial charge in [0.05, 0.1) is 31.3 Å². The number of phosphoric acid groups is 6. The van der Waals surface area contributed by atoms with Gasteiger partial charge in [-0.3, -0.25) is 26.4 Å². The molecule has 31 heteroatoms. The van der Waals surface area contributed by atoms with Crippen molar-refractivity contribution in [2.24, 2.45) is 0 Å². The van der Waals surface area contributed by atoms with E-state index in [1.165, 1.54) is 0 Å². The monoisotopic (exact) mass is 1040 g/mol. The predicted octanol–water partition coefficient (Wildman–Crippen LogP) is -7.72. The Labute approximate surface area is 240 Å². The molecule has 0 fully saturated rings. The Morgan fingerprint density at radius 2 is 0.419 bits per heavy atom. The van der Waals surface area contributed by atoms with E-state index in [0.717, 1.165) is 0 Å². The van der Waals surface area contributed by atoms with Crippen LogP contribution >= 0.6 is 46.9 Å². The van der Waals surface area contributed by atoms with Crippen molar-refractivity contribution in [1.29, 1.82) is 0 Å². The number of rotatable bonds is 8. The second-order valence-corrected chi connectivity index (χ2v) is 11.0. The zero-order chi connectivity index (χ0) is 21.8. The summed E-state index contributed by atoms with van der Waals surface area (Å²) < 4.78 is 69.4. The quantitative estimate of drug-likeness (QED) is 0.161. The first-order valence-corrected chi connectivity index (χ1v) is 13.1. The summed E-state index contributed by atoms with van der Waals surface area (Å²) in [6.07, 6.45) is 0. The van der Waals surface area contributed by atoms with Crippen LogP contribution in [-0.2, 0) is 147 Å². The van der Waals surface area contributed by atoms with Crippen LogP contribution in [0.5, 0.6) is 0 Å². The van der Waals surface area contributed by atoms with E-state index in [9.17, 15) is 76.3 Å². The van der Waals surface area contributed by atoms with Gasteiger partial charge >= 0.3 is 102 Å². The van der Waals surface area contributed by atoms with Crippen molar-refractivity contribution in [3.05, 3.63) is 0 Å². The van der Waals surface area contributed by atoms with Gasteiger partial charge in [-0.15, -0.1) is 0 Å². The number of hydrogen-bond donors (Lipinski definition) is 0. The van der Waals surface area contributed by atoms with Gasteiger partial charge in [0, 0.05) is 0 Å². The molecule has 0 aliphatic heterocycles. The van der Waals surface area contributed by atoms with Gasteiger partial charge in [-0.05, 0) is 0 Å². The zero-order valence-corrected chi connectivity index (χ0v) is 25.6. The summed E-state index contributed by atoms with van der Waals surface area (Å²) in [6, 6.07) is 0. The molecule has 31 heavy (non-hydrogen) atoms. The summed E-state index contributed by atoms with van der Waals surface area (Å²) >= 11 is 0. The van der Waals surface area contributed by atoms with Gasteiger partial charge in [-0.25, -0.2) is 0 Å². The maximum atomic E-state index is 10.1. The molecule has 0 aromatic carbocycles. The van der Waals surface area contributed by atoms with E-state index in [4.69, 9.17) is 0 Å². The van der Waals surface area contributed by atoms with Crippen molar-refractivity contribution in [1.82, 2.24) is 0 Å². The third-order valence-electron chi connectivity index (χ3n) is 0.800. The molecule has 20 nitrogen and oxygen atoms in total. The van der Waals surface area contributed by atoms with Crippen LogP contribution in [0.2, 0.25) is 0 Å². The maximum Gasteiger partial charge on any atom is 2.00 e. The molecular weight excluding hydrogens is 1040 g/mol. The molecule has 0 unspecified atom stereocenters. The van der Waals surface area contributed by atoms with Crippen molar-refractivity contribution >= 4 is 46.9 Å². The Morgan fingerprint density at radius 3 is 0.484 bits per heavy atom. The normalized spacial score (nSPS) is 12.2. The van der Waals surface area contributed by atoms with Crippen LogP contribution in [0.4, 0.5) is 0 Å². The Balaban J connectivity index is -0.0000000640. The van der Waals surface area contributed by atoms with Crippen LogP contribution in [0.1, 0.15) is 0 Å². The molecule has 0 saturated carbocycles. The minimum atomic E-state index is -5.97. The average molecular weight is 1040 g/mol. The fourth-order valence-corrected chi connectivity index (χ4v) is 5.21. The van der Waals surface area contributed by atoms with Gasteiger partial charge in [0.2, 0.25) is 0 Å². The summed E-state index contributed by atoms with van der Waals surface area (Å²) in [5.74, 6) is 0. The molecule has 200 valence electrons. The summed E-state index contributed by atoms with van der Waals surface area (Å²) in [5.41, 5.74) is 0. The van der Waals surface area contributed by atoms with Crippen LogP contribution in [0.15, 0.2) is 0 Å². The van der Waals surface area contributed by atoms with Crippen LogP contribution < -0.4 is 48.9 Å². The third-order valence-corrected chi connectivity index (χ3v) is 7.20. The molecule has 0 atom stereocenters. The minimum Gasteiger partial charge on any atom is -0.790 e. The first kappa shape index (κ1) is 51.7. The van der Waals surface area contributed by atoms with E-state index in [0.29, 0.717) is 0 Å². The van der Waals surface area contributed by atoms with Crippen LogP contribution in [0.25, 0.3) is 0 Å². The van der Waals surface area contributed by atoms with E-state index in [2.05, 4.69) is 17.2 Å². The van der Waals surface area contributed by atoms with Gasteiger partial charge in [0.1, 0.15) is 0 Å². The molecule has 0 amide bonds. The van der Waals surface area contributed by atoms with Crippen molar-refractivity contribution in [3.63, 3.8) is 0 Å². The van der Waals surface area contributed by atoms with Gasteiger partial charge in [0.25, 0.3) is 15.6 Å². The van der Waals surface area contributed by atoms with E-state index in [-0.39, 0.29) is 102 Å². The van der Waals surface area contributed by atoms with Gasteiger partial charge in [-0.2, -0.15) is 0 Å². The summed E-state index contributed by atoms with van der Waals surface area (Å²) in [7, 11) is -35.8.